The van der Waals surface area contributed by atoms with Crippen LogP contribution in [0, 0.1) is 17.1 Å². The van der Waals surface area contributed by atoms with E-state index in [2.05, 4.69) is 25.6 Å². The fraction of sp³-hybridized carbons (Fsp3) is 0.211. The van der Waals surface area contributed by atoms with Crippen molar-refractivity contribution in [2.75, 3.05) is 18.9 Å². The first-order valence-corrected chi connectivity index (χ1v) is 8.80. The Morgan fingerprint density at radius 2 is 2.10 bits per heavy atom. The lowest BCUT2D eigenvalue weighted by atomic mass is 10.1. The number of hydrogen-bond donors (Lipinski definition) is 5. The van der Waals surface area contributed by atoms with Gasteiger partial charge in [0.2, 0.25) is 5.91 Å². The molecule has 29 heavy (non-hydrogen) atoms. The van der Waals surface area contributed by atoms with Crippen LogP contribution in [0.2, 0.25) is 0 Å². The summed E-state index contributed by atoms with van der Waals surface area (Å²) >= 11 is 0. The van der Waals surface area contributed by atoms with Gasteiger partial charge in [0.15, 0.2) is 5.65 Å². The van der Waals surface area contributed by atoms with Crippen molar-refractivity contribution in [3.05, 3.63) is 53.2 Å². The molecule has 6 N–H and O–H groups in total. The van der Waals surface area contributed by atoms with Crippen molar-refractivity contribution >= 4 is 34.4 Å². The summed E-state index contributed by atoms with van der Waals surface area (Å²) in [7, 11) is 1.63. The highest BCUT2D eigenvalue weighted by Gasteiger charge is 2.19. The summed E-state index contributed by atoms with van der Waals surface area (Å²) in [6.45, 7) is 1.70. The molecule has 0 aliphatic heterocycles. The number of hydrogen-bond acceptors (Lipinski definition) is 6. The summed E-state index contributed by atoms with van der Waals surface area (Å²) in [6, 6.07) is 4.02. The van der Waals surface area contributed by atoms with Gasteiger partial charge in [0, 0.05) is 31.0 Å². The van der Waals surface area contributed by atoms with Gasteiger partial charge in [-0.25, -0.2) is 14.4 Å². The minimum absolute atomic E-state index is 0.0265. The molecule has 150 valence electrons. The molecule has 0 saturated carbocycles. The number of fused-ring (bicyclic) bond motifs is 1. The molecule has 1 unspecified atom stereocenters. The molecular formula is C19H20FN7O2. The lowest BCUT2D eigenvalue weighted by Crippen LogP contribution is -2.34. The van der Waals surface area contributed by atoms with Crippen LogP contribution in [0.4, 0.5) is 10.1 Å². The summed E-state index contributed by atoms with van der Waals surface area (Å²) < 4.78 is 13.5. The molecule has 9 nitrogen and oxygen atoms in total. The van der Waals surface area contributed by atoms with Gasteiger partial charge in [-0.05, 0) is 18.2 Å². The third-order valence-electron chi connectivity index (χ3n) is 4.46. The molecule has 0 radical (unpaired) electrons. The average Bonchev–Trinajstić information content (AvgIpc) is 3.14. The number of rotatable bonds is 7. The van der Waals surface area contributed by atoms with Crippen LogP contribution in [0.5, 0.6) is 0 Å². The first-order chi connectivity index (χ1) is 13.8. The van der Waals surface area contributed by atoms with Gasteiger partial charge in [0.1, 0.15) is 17.0 Å². The van der Waals surface area contributed by atoms with Crippen molar-refractivity contribution in [2.24, 2.45) is 11.7 Å². The molecule has 2 heterocycles. The zero-order valence-corrected chi connectivity index (χ0v) is 15.8. The van der Waals surface area contributed by atoms with E-state index in [9.17, 15) is 14.0 Å². The minimum Gasteiger partial charge on any atom is -0.387 e. The predicted octanol–water partition coefficient (Wildman–Crippen LogP) is 1.41. The highest BCUT2D eigenvalue weighted by Crippen LogP contribution is 2.21. The standard InChI is InChI=1S/C19H20FN7O2/c1-9(17(22)28)6-26-19(29)12-7-24-18-16(12)27-14(8-25-18)15(21)11-4-3-10(20)5-13(11)23-2/h3-5,7-9,21,23H,6H2,1-2H3,(H2,22,28)(H,24,25)(H,26,29). The van der Waals surface area contributed by atoms with Gasteiger partial charge in [-0.3, -0.25) is 15.0 Å². The summed E-state index contributed by atoms with van der Waals surface area (Å²) in [4.78, 5) is 35.1. The van der Waals surface area contributed by atoms with Gasteiger partial charge in [0.25, 0.3) is 5.91 Å². The SMILES string of the molecule is CNc1cc(F)ccc1C(=N)c1cnc2[nH]cc(C(=O)NCC(C)C(N)=O)c2n1. The number of amides is 2. The molecule has 1 aromatic carbocycles. The highest BCUT2D eigenvalue weighted by molar-refractivity contribution is 6.14. The van der Waals surface area contributed by atoms with E-state index in [0.717, 1.165) is 0 Å². The van der Waals surface area contributed by atoms with Crippen LogP contribution in [0.1, 0.15) is 28.5 Å². The van der Waals surface area contributed by atoms with E-state index in [1.165, 1.54) is 30.6 Å². The molecule has 3 aromatic rings. The number of nitrogens with two attached hydrogens (primary N) is 1. The highest BCUT2D eigenvalue weighted by atomic mass is 19.1. The first-order valence-electron chi connectivity index (χ1n) is 8.80. The Hall–Kier alpha value is -3.82. The molecule has 2 aromatic heterocycles. The quantitative estimate of drug-likeness (QED) is 0.382. The van der Waals surface area contributed by atoms with E-state index < -0.39 is 23.5 Å². The molecule has 0 saturated heterocycles. The molecule has 0 spiro atoms. The first kappa shape index (κ1) is 19.9. The van der Waals surface area contributed by atoms with Crippen molar-refractivity contribution < 1.29 is 14.0 Å². The van der Waals surface area contributed by atoms with Gasteiger partial charge >= 0.3 is 0 Å². The number of anilines is 1. The molecule has 0 aliphatic rings. The molecule has 0 fully saturated rings. The van der Waals surface area contributed by atoms with E-state index in [-0.39, 0.29) is 29.0 Å². The molecule has 0 aliphatic carbocycles. The Morgan fingerprint density at radius 1 is 1.34 bits per heavy atom. The van der Waals surface area contributed by atoms with E-state index in [0.29, 0.717) is 16.9 Å². The lowest BCUT2D eigenvalue weighted by Gasteiger charge is -2.10. The van der Waals surface area contributed by atoms with E-state index >= 15 is 0 Å². The second-order valence-electron chi connectivity index (χ2n) is 6.48. The van der Waals surface area contributed by atoms with Crippen molar-refractivity contribution in [3.8, 4) is 0 Å². The number of benzene rings is 1. The number of carbonyl (C=O) groups is 2. The number of halogens is 1. The molecule has 1 atom stereocenters. The summed E-state index contributed by atoms with van der Waals surface area (Å²) in [5.74, 6) is -1.90. The van der Waals surface area contributed by atoms with Crippen LogP contribution < -0.4 is 16.4 Å². The molecule has 10 heteroatoms. The van der Waals surface area contributed by atoms with Crippen molar-refractivity contribution in [3.63, 3.8) is 0 Å². The topological polar surface area (TPSA) is 150 Å². The summed E-state index contributed by atoms with van der Waals surface area (Å²) in [5, 5.41) is 13.9. The molecule has 0 bridgehead atoms. The van der Waals surface area contributed by atoms with Crippen LogP contribution in [-0.4, -0.2) is 46.1 Å². The summed E-state index contributed by atoms with van der Waals surface area (Å²) in [6.07, 6.45) is 2.86. The second kappa shape index (κ2) is 8.05. The Morgan fingerprint density at radius 3 is 2.79 bits per heavy atom. The van der Waals surface area contributed by atoms with Crippen LogP contribution in [-0.2, 0) is 4.79 Å². The fourth-order valence-corrected chi connectivity index (χ4v) is 2.71. The zero-order chi connectivity index (χ0) is 21.1. The van der Waals surface area contributed by atoms with Crippen molar-refractivity contribution in [2.45, 2.75) is 6.92 Å². The van der Waals surface area contributed by atoms with Gasteiger partial charge in [-0.1, -0.05) is 6.92 Å². The van der Waals surface area contributed by atoms with E-state index in [1.54, 1.807) is 14.0 Å². The van der Waals surface area contributed by atoms with Crippen LogP contribution >= 0.6 is 0 Å². The van der Waals surface area contributed by atoms with Gasteiger partial charge in [-0.2, -0.15) is 0 Å². The number of nitrogens with zero attached hydrogens (tertiary/aromatic N) is 2. The smallest absolute Gasteiger partial charge is 0.255 e. The largest absolute Gasteiger partial charge is 0.387 e. The number of H-pyrrole nitrogens is 1. The predicted molar refractivity (Wildman–Crippen MR) is 106 cm³/mol. The Balaban J connectivity index is 1.92. The maximum atomic E-state index is 13.5. The fourth-order valence-electron chi connectivity index (χ4n) is 2.71. The number of aromatic nitrogens is 3. The van der Waals surface area contributed by atoms with Crippen LogP contribution in [0.3, 0.4) is 0 Å². The van der Waals surface area contributed by atoms with Gasteiger partial charge in [-0.15, -0.1) is 0 Å². The maximum Gasteiger partial charge on any atom is 0.255 e. The molecule has 2 amide bonds. The number of nitrogens with one attached hydrogen (secondary N) is 4. The second-order valence-corrected chi connectivity index (χ2v) is 6.48. The lowest BCUT2D eigenvalue weighted by molar-refractivity contribution is -0.121. The average molecular weight is 397 g/mol. The minimum atomic E-state index is -0.516. The Labute approximate surface area is 165 Å². The number of carbonyl (C=O) groups excluding carboxylic acids is 2. The maximum absolute atomic E-state index is 13.5. The van der Waals surface area contributed by atoms with Crippen LogP contribution in [0.15, 0.2) is 30.6 Å². The number of aromatic amines is 1. The normalized spacial score (nSPS) is 11.8. The summed E-state index contributed by atoms with van der Waals surface area (Å²) in [5.41, 5.74) is 7.22. The van der Waals surface area contributed by atoms with Crippen molar-refractivity contribution in [1.29, 1.82) is 5.41 Å². The molecular weight excluding hydrogens is 377 g/mol. The third kappa shape index (κ3) is 4.05. The van der Waals surface area contributed by atoms with E-state index in [1.807, 2.05) is 0 Å². The Bertz CT molecular complexity index is 1110. The van der Waals surface area contributed by atoms with Gasteiger partial charge < -0.3 is 21.4 Å². The molecule has 3 rings (SSSR count). The van der Waals surface area contributed by atoms with Crippen LogP contribution in [0.25, 0.3) is 11.2 Å². The Kier molecular flexibility index (Phi) is 5.53. The van der Waals surface area contributed by atoms with Gasteiger partial charge in [0.05, 0.1) is 23.4 Å². The number of primary amides is 1. The third-order valence-corrected chi connectivity index (χ3v) is 4.46. The van der Waals surface area contributed by atoms with E-state index in [4.69, 9.17) is 11.1 Å². The zero-order valence-electron chi connectivity index (χ0n) is 15.8. The monoisotopic (exact) mass is 397 g/mol. The van der Waals surface area contributed by atoms with Crippen molar-refractivity contribution in [1.82, 2.24) is 20.3 Å².